The Kier molecular flexibility index (Phi) is 2.74. The number of ether oxygens (including phenoxy) is 2. The molecule has 1 aromatic carbocycles. The maximum Gasteiger partial charge on any atom is 0.355 e. The van der Waals surface area contributed by atoms with Gasteiger partial charge in [-0.3, -0.25) is 4.79 Å². The largest absolute Gasteiger partial charge is 0.470 e. The van der Waals surface area contributed by atoms with Gasteiger partial charge in [0.05, 0.1) is 7.11 Å². The Balaban J connectivity index is 2.21. The number of carbonyl (C=O) groups is 2. The molecule has 1 aliphatic heterocycles. The molecular weight excluding hydrogens is 312 g/mol. The van der Waals surface area contributed by atoms with Crippen LogP contribution in [-0.4, -0.2) is 24.5 Å². The SMILES string of the molecule is COC(=O)[C@@]12CCC(=O)C=C1c1cc(Br)ccc1O2. The third-order valence-electron chi connectivity index (χ3n) is 3.49. The maximum atomic E-state index is 12.1. The summed E-state index contributed by atoms with van der Waals surface area (Å²) in [6.45, 7) is 0. The number of esters is 1. The van der Waals surface area contributed by atoms with Crippen LogP contribution in [0.2, 0.25) is 0 Å². The highest BCUT2D eigenvalue weighted by Crippen LogP contribution is 2.49. The molecule has 3 rings (SSSR count). The van der Waals surface area contributed by atoms with Crippen molar-refractivity contribution in [1.29, 1.82) is 0 Å². The fourth-order valence-electron chi connectivity index (χ4n) is 2.59. The molecule has 0 unspecified atom stereocenters. The van der Waals surface area contributed by atoms with Crippen LogP contribution in [-0.2, 0) is 14.3 Å². The van der Waals surface area contributed by atoms with E-state index in [0.717, 1.165) is 10.0 Å². The monoisotopic (exact) mass is 322 g/mol. The van der Waals surface area contributed by atoms with E-state index in [2.05, 4.69) is 15.9 Å². The van der Waals surface area contributed by atoms with E-state index in [1.807, 2.05) is 12.1 Å². The van der Waals surface area contributed by atoms with Crippen molar-refractivity contribution in [3.63, 3.8) is 0 Å². The lowest BCUT2D eigenvalue weighted by Gasteiger charge is -2.29. The topological polar surface area (TPSA) is 52.6 Å². The van der Waals surface area contributed by atoms with Gasteiger partial charge >= 0.3 is 5.97 Å². The van der Waals surface area contributed by atoms with Crippen molar-refractivity contribution in [2.24, 2.45) is 0 Å². The van der Waals surface area contributed by atoms with Gasteiger partial charge in [0.15, 0.2) is 5.78 Å². The standard InChI is InChI=1S/C14H11BrO4/c1-18-13(17)14-5-4-9(16)7-11(14)10-6-8(15)2-3-12(10)19-14/h2-3,6-7H,4-5H2,1H3/t14-/m1/s1. The van der Waals surface area contributed by atoms with Crippen LogP contribution < -0.4 is 4.74 Å². The van der Waals surface area contributed by atoms with E-state index in [1.54, 1.807) is 6.07 Å². The van der Waals surface area contributed by atoms with Crippen LogP contribution in [0.4, 0.5) is 0 Å². The second-order valence-corrected chi connectivity index (χ2v) is 5.50. The highest BCUT2D eigenvalue weighted by atomic mass is 79.9. The van der Waals surface area contributed by atoms with E-state index in [-0.39, 0.29) is 12.2 Å². The number of methoxy groups -OCH3 is 1. The number of benzene rings is 1. The van der Waals surface area contributed by atoms with E-state index in [9.17, 15) is 9.59 Å². The summed E-state index contributed by atoms with van der Waals surface area (Å²) in [6.07, 6.45) is 2.10. The van der Waals surface area contributed by atoms with Crippen LogP contribution in [0.5, 0.6) is 5.75 Å². The fraction of sp³-hybridized carbons (Fsp3) is 0.286. The molecule has 0 bridgehead atoms. The van der Waals surface area contributed by atoms with Crippen LogP contribution in [0.15, 0.2) is 28.7 Å². The summed E-state index contributed by atoms with van der Waals surface area (Å²) in [5.41, 5.74) is 0.214. The molecule has 2 aliphatic rings. The number of hydrogen-bond acceptors (Lipinski definition) is 4. The van der Waals surface area contributed by atoms with Crippen molar-refractivity contribution in [3.8, 4) is 5.75 Å². The van der Waals surface area contributed by atoms with E-state index < -0.39 is 11.6 Å². The Morgan fingerprint density at radius 1 is 1.47 bits per heavy atom. The molecule has 1 atom stereocenters. The molecule has 19 heavy (non-hydrogen) atoms. The molecule has 0 radical (unpaired) electrons. The second kappa shape index (κ2) is 4.20. The van der Waals surface area contributed by atoms with Gasteiger partial charge in [-0.25, -0.2) is 4.79 Å². The van der Waals surface area contributed by atoms with E-state index >= 15 is 0 Å². The average Bonchev–Trinajstić information content (AvgIpc) is 2.73. The first-order valence-corrected chi connectivity index (χ1v) is 6.68. The summed E-state index contributed by atoms with van der Waals surface area (Å²) in [5, 5.41) is 0. The van der Waals surface area contributed by atoms with Gasteiger partial charge in [-0.1, -0.05) is 15.9 Å². The van der Waals surface area contributed by atoms with Gasteiger partial charge < -0.3 is 9.47 Å². The van der Waals surface area contributed by atoms with Crippen LogP contribution in [0.1, 0.15) is 18.4 Å². The molecule has 1 aliphatic carbocycles. The molecule has 0 spiro atoms. The zero-order chi connectivity index (χ0) is 13.6. The van der Waals surface area contributed by atoms with Gasteiger partial charge in [0.2, 0.25) is 5.60 Å². The van der Waals surface area contributed by atoms with Crippen LogP contribution in [0, 0.1) is 0 Å². The number of fused-ring (bicyclic) bond motifs is 3. The summed E-state index contributed by atoms with van der Waals surface area (Å²) in [4.78, 5) is 23.8. The number of allylic oxidation sites excluding steroid dienone is 1. The predicted octanol–water partition coefficient (Wildman–Crippen LogP) is 2.50. The minimum atomic E-state index is -1.16. The Morgan fingerprint density at radius 2 is 2.26 bits per heavy atom. The second-order valence-electron chi connectivity index (χ2n) is 4.59. The van der Waals surface area contributed by atoms with Crippen molar-refractivity contribution >= 4 is 33.3 Å². The van der Waals surface area contributed by atoms with Crippen molar-refractivity contribution < 1.29 is 19.1 Å². The summed E-state index contributed by atoms with van der Waals surface area (Å²) in [5.74, 6) is 0.152. The Labute approximate surface area is 118 Å². The average molecular weight is 323 g/mol. The Bertz CT molecular complexity index is 620. The van der Waals surface area contributed by atoms with Gasteiger partial charge in [0, 0.05) is 28.5 Å². The number of ketones is 1. The third-order valence-corrected chi connectivity index (χ3v) is 3.99. The third kappa shape index (κ3) is 1.72. The van der Waals surface area contributed by atoms with Crippen molar-refractivity contribution in [1.82, 2.24) is 0 Å². The normalized spacial score (nSPS) is 24.1. The van der Waals surface area contributed by atoms with Crippen LogP contribution in [0.3, 0.4) is 0 Å². The molecule has 5 heteroatoms. The van der Waals surface area contributed by atoms with E-state index in [1.165, 1.54) is 13.2 Å². The first-order valence-electron chi connectivity index (χ1n) is 5.89. The number of carbonyl (C=O) groups excluding carboxylic acids is 2. The molecule has 0 fully saturated rings. The van der Waals surface area contributed by atoms with Gasteiger partial charge in [0.25, 0.3) is 0 Å². The molecule has 0 saturated heterocycles. The summed E-state index contributed by atoms with van der Waals surface area (Å²) in [6, 6.07) is 5.47. The molecule has 1 heterocycles. The highest BCUT2D eigenvalue weighted by Gasteiger charge is 2.53. The molecule has 1 aromatic rings. The predicted molar refractivity (Wildman–Crippen MR) is 71.7 cm³/mol. The first kappa shape index (κ1) is 12.4. The molecule has 4 nitrogen and oxygen atoms in total. The number of halogens is 1. The minimum Gasteiger partial charge on any atom is -0.470 e. The van der Waals surface area contributed by atoms with Gasteiger partial charge in [-0.15, -0.1) is 0 Å². The Hall–Kier alpha value is -1.62. The summed E-state index contributed by atoms with van der Waals surface area (Å²) >= 11 is 3.38. The first-order chi connectivity index (χ1) is 9.06. The summed E-state index contributed by atoms with van der Waals surface area (Å²) in [7, 11) is 1.33. The van der Waals surface area contributed by atoms with Crippen molar-refractivity contribution in [2.75, 3.05) is 7.11 Å². The molecule has 98 valence electrons. The van der Waals surface area contributed by atoms with Crippen LogP contribution >= 0.6 is 15.9 Å². The maximum absolute atomic E-state index is 12.1. The Morgan fingerprint density at radius 3 is 3.00 bits per heavy atom. The van der Waals surface area contributed by atoms with Crippen molar-refractivity contribution in [3.05, 3.63) is 34.3 Å². The fourth-order valence-corrected chi connectivity index (χ4v) is 2.95. The van der Waals surface area contributed by atoms with Gasteiger partial charge in [-0.05, 0) is 24.3 Å². The lowest BCUT2D eigenvalue weighted by molar-refractivity contribution is -0.154. The van der Waals surface area contributed by atoms with Gasteiger partial charge in [-0.2, -0.15) is 0 Å². The lowest BCUT2D eigenvalue weighted by Crippen LogP contribution is -2.45. The molecule has 0 N–H and O–H groups in total. The molecule has 0 aromatic heterocycles. The summed E-state index contributed by atoms with van der Waals surface area (Å²) < 4.78 is 11.6. The van der Waals surface area contributed by atoms with E-state index in [0.29, 0.717) is 17.7 Å². The molecular formula is C14H11BrO4. The quantitative estimate of drug-likeness (QED) is 0.745. The zero-order valence-corrected chi connectivity index (χ0v) is 11.8. The van der Waals surface area contributed by atoms with Gasteiger partial charge in [0.1, 0.15) is 5.75 Å². The lowest BCUT2D eigenvalue weighted by atomic mass is 9.81. The smallest absolute Gasteiger partial charge is 0.355 e. The number of rotatable bonds is 1. The number of hydrogen-bond donors (Lipinski definition) is 0. The molecule has 0 amide bonds. The zero-order valence-electron chi connectivity index (χ0n) is 10.2. The molecule has 0 saturated carbocycles. The minimum absolute atomic E-state index is 0.00551. The highest BCUT2D eigenvalue weighted by molar-refractivity contribution is 9.10. The van der Waals surface area contributed by atoms with Crippen molar-refractivity contribution in [2.45, 2.75) is 18.4 Å². The van der Waals surface area contributed by atoms with Crippen LogP contribution in [0.25, 0.3) is 5.57 Å². The van der Waals surface area contributed by atoms with E-state index in [4.69, 9.17) is 9.47 Å².